The number of hydrogen-bond donors (Lipinski definition) is 0. The van der Waals surface area contributed by atoms with Gasteiger partial charge in [0, 0.05) is 18.7 Å². The third kappa shape index (κ3) is 4.87. The van der Waals surface area contributed by atoms with Crippen molar-refractivity contribution in [3.05, 3.63) is 41.3 Å². The first kappa shape index (κ1) is 22.0. The molecule has 0 aromatic heterocycles. The lowest BCUT2D eigenvalue weighted by atomic mass is 9.99. The highest BCUT2D eigenvalue weighted by Crippen LogP contribution is 2.37. The zero-order valence-corrected chi connectivity index (χ0v) is 18.1. The van der Waals surface area contributed by atoms with E-state index in [-0.39, 0.29) is 24.0 Å². The SMILES string of the molecule is C=CCOc1c(/C=C2\SC(=O)N(CC(=O)N3CCC(C)CC3)C2=O)cccc1OC. The molecule has 0 radical (unpaired) electrons. The summed E-state index contributed by atoms with van der Waals surface area (Å²) >= 11 is 0.823. The second-order valence-electron chi connectivity index (χ2n) is 7.31. The number of hydrogen-bond acceptors (Lipinski definition) is 6. The van der Waals surface area contributed by atoms with Crippen LogP contribution in [-0.4, -0.2) is 60.2 Å². The minimum absolute atomic E-state index is 0.193. The molecule has 0 atom stereocenters. The first-order chi connectivity index (χ1) is 14.4. The van der Waals surface area contributed by atoms with E-state index in [2.05, 4.69) is 13.5 Å². The molecule has 0 bridgehead atoms. The molecule has 3 amide bonds. The molecule has 7 nitrogen and oxygen atoms in total. The molecule has 0 unspecified atom stereocenters. The molecule has 0 aliphatic carbocycles. The smallest absolute Gasteiger partial charge is 0.294 e. The van der Waals surface area contributed by atoms with Gasteiger partial charge in [0.25, 0.3) is 11.1 Å². The third-order valence-electron chi connectivity index (χ3n) is 5.16. The fraction of sp³-hybridized carbons (Fsp3) is 0.409. The Morgan fingerprint density at radius 3 is 2.70 bits per heavy atom. The molecule has 8 heteroatoms. The van der Waals surface area contributed by atoms with Crippen molar-refractivity contribution in [2.24, 2.45) is 5.92 Å². The van der Waals surface area contributed by atoms with Gasteiger partial charge in [-0.15, -0.1) is 0 Å². The van der Waals surface area contributed by atoms with Gasteiger partial charge >= 0.3 is 0 Å². The van der Waals surface area contributed by atoms with Crippen molar-refractivity contribution in [1.82, 2.24) is 9.80 Å². The second-order valence-corrected chi connectivity index (χ2v) is 8.30. The maximum atomic E-state index is 12.8. The number of methoxy groups -OCH3 is 1. The monoisotopic (exact) mass is 430 g/mol. The molecule has 1 aromatic carbocycles. The molecule has 0 saturated carbocycles. The van der Waals surface area contributed by atoms with Gasteiger partial charge in [-0.25, -0.2) is 0 Å². The van der Waals surface area contributed by atoms with Crippen LogP contribution in [0, 0.1) is 5.92 Å². The first-order valence-corrected chi connectivity index (χ1v) is 10.7. The van der Waals surface area contributed by atoms with Crippen molar-refractivity contribution < 1.29 is 23.9 Å². The first-order valence-electron chi connectivity index (χ1n) is 9.88. The van der Waals surface area contributed by atoms with Crippen LogP contribution in [0.2, 0.25) is 0 Å². The summed E-state index contributed by atoms with van der Waals surface area (Å²) in [6.07, 6.45) is 5.09. The quantitative estimate of drug-likeness (QED) is 0.486. The topological polar surface area (TPSA) is 76.2 Å². The van der Waals surface area contributed by atoms with E-state index < -0.39 is 11.1 Å². The summed E-state index contributed by atoms with van der Waals surface area (Å²) in [6, 6.07) is 5.30. The molecule has 2 fully saturated rings. The number of ether oxygens (including phenoxy) is 2. The fourth-order valence-corrected chi connectivity index (χ4v) is 4.20. The van der Waals surface area contributed by atoms with Crippen molar-refractivity contribution in [2.75, 3.05) is 33.4 Å². The molecule has 30 heavy (non-hydrogen) atoms. The fourth-order valence-electron chi connectivity index (χ4n) is 3.37. The van der Waals surface area contributed by atoms with Crippen LogP contribution in [0.1, 0.15) is 25.3 Å². The Morgan fingerprint density at radius 2 is 2.03 bits per heavy atom. The van der Waals surface area contributed by atoms with Crippen LogP contribution in [0.3, 0.4) is 0 Å². The predicted octanol–water partition coefficient (Wildman–Crippen LogP) is 3.55. The number of likely N-dealkylation sites (tertiary alicyclic amines) is 1. The summed E-state index contributed by atoms with van der Waals surface area (Å²) in [7, 11) is 1.53. The number of benzene rings is 1. The Morgan fingerprint density at radius 1 is 1.30 bits per heavy atom. The van der Waals surface area contributed by atoms with E-state index in [9.17, 15) is 14.4 Å². The van der Waals surface area contributed by atoms with Crippen LogP contribution in [-0.2, 0) is 9.59 Å². The molecule has 0 N–H and O–H groups in total. The van der Waals surface area contributed by atoms with Gasteiger partial charge in [-0.05, 0) is 42.7 Å². The highest BCUT2D eigenvalue weighted by molar-refractivity contribution is 8.18. The lowest BCUT2D eigenvalue weighted by molar-refractivity contribution is -0.136. The van der Waals surface area contributed by atoms with Crippen LogP contribution in [0.25, 0.3) is 6.08 Å². The van der Waals surface area contributed by atoms with E-state index in [1.54, 1.807) is 35.3 Å². The van der Waals surface area contributed by atoms with Crippen molar-refractivity contribution in [1.29, 1.82) is 0 Å². The van der Waals surface area contributed by atoms with Crippen molar-refractivity contribution in [2.45, 2.75) is 19.8 Å². The number of nitrogens with zero attached hydrogens (tertiary/aromatic N) is 2. The van der Waals surface area contributed by atoms with Gasteiger partial charge in [0.05, 0.1) is 12.0 Å². The Bertz CT molecular complexity index is 874. The molecular formula is C22H26N2O5S. The van der Waals surface area contributed by atoms with Gasteiger partial charge in [-0.2, -0.15) is 0 Å². The summed E-state index contributed by atoms with van der Waals surface area (Å²) in [6.45, 7) is 7.18. The van der Waals surface area contributed by atoms with Gasteiger partial charge in [0.1, 0.15) is 13.2 Å². The highest BCUT2D eigenvalue weighted by Gasteiger charge is 2.37. The molecule has 1 aromatic rings. The summed E-state index contributed by atoms with van der Waals surface area (Å²) in [5.41, 5.74) is 0.609. The molecule has 3 rings (SSSR count). The van der Waals surface area contributed by atoms with E-state index in [1.807, 2.05) is 0 Å². The van der Waals surface area contributed by atoms with Crippen LogP contribution in [0.15, 0.2) is 35.8 Å². The summed E-state index contributed by atoms with van der Waals surface area (Å²) in [5.74, 6) is 0.905. The van der Waals surface area contributed by atoms with Crippen LogP contribution in [0.5, 0.6) is 11.5 Å². The Balaban J connectivity index is 1.77. The maximum Gasteiger partial charge on any atom is 0.294 e. The molecular weight excluding hydrogens is 404 g/mol. The number of para-hydroxylation sites is 1. The predicted molar refractivity (Wildman–Crippen MR) is 116 cm³/mol. The number of carbonyl (C=O) groups is 3. The summed E-state index contributed by atoms with van der Waals surface area (Å²) in [5, 5.41) is -0.443. The summed E-state index contributed by atoms with van der Waals surface area (Å²) in [4.78, 5) is 40.8. The van der Waals surface area contributed by atoms with Gasteiger partial charge in [-0.1, -0.05) is 31.7 Å². The zero-order valence-electron chi connectivity index (χ0n) is 17.3. The van der Waals surface area contributed by atoms with Gasteiger partial charge in [0.2, 0.25) is 5.91 Å². The minimum Gasteiger partial charge on any atom is -0.493 e. The molecule has 2 heterocycles. The average Bonchev–Trinajstić information content (AvgIpc) is 3.00. The second kappa shape index (κ2) is 9.84. The van der Waals surface area contributed by atoms with Gasteiger partial charge in [0.15, 0.2) is 11.5 Å². The lowest BCUT2D eigenvalue weighted by Gasteiger charge is -2.31. The number of piperidine rings is 1. The Hall–Kier alpha value is -2.74. The maximum absolute atomic E-state index is 12.8. The normalized spacial score (nSPS) is 18.8. The van der Waals surface area contributed by atoms with E-state index in [4.69, 9.17) is 9.47 Å². The Kier molecular flexibility index (Phi) is 7.20. The Labute approximate surface area is 180 Å². The zero-order chi connectivity index (χ0) is 21.7. The van der Waals surface area contributed by atoms with Crippen molar-refractivity contribution in [3.63, 3.8) is 0 Å². The molecule has 2 aliphatic rings. The largest absolute Gasteiger partial charge is 0.493 e. The van der Waals surface area contributed by atoms with E-state index in [0.717, 1.165) is 29.5 Å². The van der Waals surface area contributed by atoms with E-state index >= 15 is 0 Å². The number of rotatable bonds is 7. The lowest BCUT2D eigenvalue weighted by Crippen LogP contribution is -2.45. The van der Waals surface area contributed by atoms with E-state index in [0.29, 0.717) is 36.1 Å². The third-order valence-corrected chi connectivity index (χ3v) is 6.07. The van der Waals surface area contributed by atoms with Crippen LogP contribution >= 0.6 is 11.8 Å². The highest BCUT2D eigenvalue weighted by atomic mass is 32.2. The number of amides is 3. The number of thioether (sulfide) groups is 1. The molecule has 160 valence electrons. The molecule has 2 aliphatic heterocycles. The van der Waals surface area contributed by atoms with Crippen LogP contribution < -0.4 is 9.47 Å². The van der Waals surface area contributed by atoms with Gasteiger partial charge < -0.3 is 14.4 Å². The minimum atomic E-state index is -0.471. The molecule has 2 saturated heterocycles. The molecule has 0 spiro atoms. The van der Waals surface area contributed by atoms with Gasteiger partial charge in [-0.3, -0.25) is 19.3 Å². The van der Waals surface area contributed by atoms with Crippen LogP contribution in [0.4, 0.5) is 4.79 Å². The van der Waals surface area contributed by atoms with Crippen molar-refractivity contribution in [3.8, 4) is 11.5 Å². The van der Waals surface area contributed by atoms with E-state index in [1.165, 1.54) is 7.11 Å². The standard InChI is InChI=1S/C22H26N2O5S/c1-4-12-29-20-16(6-5-7-17(20)28-3)13-18-21(26)24(22(27)30-18)14-19(25)23-10-8-15(2)9-11-23/h4-7,13,15H,1,8-12,14H2,2-3H3/b18-13-. The average molecular weight is 431 g/mol. The van der Waals surface area contributed by atoms with Crippen molar-refractivity contribution >= 4 is 34.9 Å². The number of imide groups is 1. The number of carbonyl (C=O) groups excluding carboxylic acids is 3. The summed E-state index contributed by atoms with van der Waals surface area (Å²) < 4.78 is 11.0.